The van der Waals surface area contributed by atoms with Crippen LogP contribution in [0.1, 0.15) is 24.0 Å². The summed E-state index contributed by atoms with van der Waals surface area (Å²) in [5.74, 6) is 1.83. The van der Waals surface area contributed by atoms with Crippen LogP contribution in [-0.2, 0) is 6.42 Å². The fourth-order valence-electron chi connectivity index (χ4n) is 2.50. The van der Waals surface area contributed by atoms with Gasteiger partial charge in [0.2, 0.25) is 0 Å². The second-order valence-corrected chi connectivity index (χ2v) is 4.63. The Hall–Kier alpha value is -1.22. The smallest absolute Gasteiger partial charge is 0.125 e. The van der Waals surface area contributed by atoms with Crippen LogP contribution >= 0.6 is 0 Å². The molecule has 3 nitrogen and oxygen atoms in total. The third-order valence-corrected chi connectivity index (χ3v) is 3.43. The summed E-state index contributed by atoms with van der Waals surface area (Å²) in [5, 5.41) is 3.52. The van der Waals surface area contributed by atoms with Crippen molar-refractivity contribution in [3.63, 3.8) is 0 Å². The Morgan fingerprint density at radius 2 is 2.00 bits per heavy atom. The predicted octanol–water partition coefficient (Wildman–Crippen LogP) is 2.31. The molecule has 17 heavy (non-hydrogen) atoms. The minimum Gasteiger partial charge on any atom is -0.496 e. The number of aryl methyl sites for hydroxylation is 1. The Bertz CT molecular complexity index is 384. The Morgan fingerprint density at radius 1 is 1.24 bits per heavy atom. The van der Waals surface area contributed by atoms with Gasteiger partial charge in [-0.15, -0.1) is 0 Å². The molecule has 0 amide bonds. The normalized spacial score (nSPS) is 19.4. The maximum Gasteiger partial charge on any atom is 0.125 e. The lowest BCUT2D eigenvalue weighted by atomic mass is 10.0. The first-order valence-electron chi connectivity index (χ1n) is 6.19. The molecule has 2 rings (SSSR count). The molecule has 1 unspecified atom stereocenters. The van der Waals surface area contributed by atoms with Crippen LogP contribution in [0.5, 0.6) is 11.5 Å². The Labute approximate surface area is 103 Å². The summed E-state index contributed by atoms with van der Waals surface area (Å²) in [6.07, 6.45) is 3.57. The summed E-state index contributed by atoms with van der Waals surface area (Å²) >= 11 is 0. The van der Waals surface area contributed by atoms with E-state index in [0.29, 0.717) is 6.04 Å². The van der Waals surface area contributed by atoms with Crippen molar-refractivity contribution < 1.29 is 9.47 Å². The highest BCUT2D eigenvalue weighted by molar-refractivity contribution is 5.46. The van der Waals surface area contributed by atoms with E-state index in [1.54, 1.807) is 14.2 Å². The molecule has 1 heterocycles. The van der Waals surface area contributed by atoms with Gasteiger partial charge < -0.3 is 14.8 Å². The van der Waals surface area contributed by atoms with Gasteiger partial charge in [-0.05, 0) is 49.9 Å². The molecule has 0 aromatic heterocycles. The first kappa shape index (κ1) is 12.2. The molecule has 1 fully saturated rings. The van der Waals surface area contributed by atoms with Gasteiger partial charge in [-0.2, -0.15) is 0 Å². The number of ether oxygens (including phenoxy) is 2. The summed E-state index contributed by atoms with van der Waals surface area (Å²) in [6, 6.07) is 4.76. The van der Waals surface area contributed by atoms with Crippen molar-refractivity contribution in [1.29, 1.82) is 0 Å². The van der Waals surface area contributed by atoms with E-state index in [4.69, 9.17) is 9.47 Å². The van der Waals surface area contributed by atoms with Crippen LogP contribution in [0.25, 0.3) is 0 Å². The molecule has 1 aliphatic rings. The van der Waals surface area contributed by atoms with Gasteiger partial charge in [-0.3, -0.25) is 0 Å². The lowest BCUT2D eigenvalue weighted by Crippen LogP contribution is -2.23. The molecule has 1 saturated heterocycles. The SMILES string of the molecule is COc1cc(OC)c(CC2CCCN2)cc1C. The number of nitrogens with one attached hydrogen (secondary N) is 1. The van der Waals surface area contributed by atoms with Crippen molar-refractivity contribution in [3.8, 4) is 11.5 Å². The molecule has 0 bridgehead atoms. The molecule has 0 aliphatic carbocycles. The van der Waals surface area contributed by atoms with E-state index in [1.807, 2.05) is 6.07 Å². The third kappa shape index (κ3) is 2.72. The van der Waals surface area contributed by atoms with Gasteiger partial charge in [-0.25, -0.2) is 0 Å². The van der Waals surface area contributed by atoms with Crippen LogP contribution < -0.4 is 14.8 Å². The standard InChI is InChI=1S/C14H21NO2/c1-10-7-11(8-12-5-4-6-15-12)14(17-3)9-13(10)16-2/h7,9,12,15H,4-6,8H2,1-3H3. The van der Waals surface area contributed by atoms with Gasteiger partial charge in [0.25, 0.3) is 0 Å². The summed E-state index contributed by atoms with van der Waals surface area (Å²) in [7, 11) is 3.41. The molecule has 1 atom stereocenters. The average Bonchev–Trinajstić information content (AvgIpc) is 2.82. The molecule has 0 radical (unpaired) electrons. The number of benzene rings is 1. The van der Waals surface area contributed by atoms with Crippen molar-refractivity contribution in [2.45, 2.75) is 32.2 Å². The number of rotatable bonds is 4. The van der Waals surface area contributed by atoms with E-state index in [2.05, 4.69) is 18.3 Å². The van der Waals surface area contributed by atoms with Crippen molar-refractivity contribution in [2.24, 2.45) is 0 Å². The van der Waals surface area contributed by atoms with E-state index in [0.717, 1.165) is 24.5 Å². The zero-order chi connectivity index (χ0) is 12.3. The average molecular weight is 235 g/mol. The van der Waals surface area contributed by atoms with Gasteiger partial charge in [0.1, 0.15) is 11.5 Å². The lowest BCUT2D eigenvalue weighted by molar-refractivity contribution is 0.387. The Balaban J connectivity index is 2.22. The first-order valence-corrected chi connectivity index (χ1v) is 6.19. The van der Waals surface area contributed by atoms with E-state index in [9.17, 15) is 0 Å². The summed E-state index contributed by atoms with van der Waals surface area (Å²) in [4.78, 5) is 0. The minimum atomic E-state index is 0.594. The number of hydrogen-bond acceptors (Lipinski definition) is 3. The van der Waals surface area contributed by atoms with Gasteiger partial charge in [0.15, 0.2) is 0 Å². The molecule has 1 aromatic carbocycles. The predicted molar refractivity (Wildman–Crippen MR) is 69.0 cm³/mol. The number of hydrogen-bond donors (Lipinski definition) is 1. The zero-order valence-electron chi connectivity index (χ0n) is 10.9. The van der Waals surface area contributed by atoms with Crippen molar-refractivity contribution >= 4 is 0 Å². The van der Waals surface area contributed by atoms with Crippen LogP contribution in [0.4, 0.5) is 0 Å². The van der Waals surface area contributed by atoms with Gasteiger partial charge in [0.05, 0.1) is 14.2 Å². The fourth-order valence-corrected chi connectivity index (χ4v) is 2.50. The third-order valence-electron chi connectivity index (χ3n) is 3.43. The fraction of sp³-hybridized carbons (Fsp3) is 0.571. The molecule has 1 aromatic rings. The Kier molecular flexibility index (Phi) is 3.89. The van der Waals surface area contributed by atoms with Crippen LogP contribution in [0, 0.1) is 6.92 Å². The van der Waals surface area contributed by atoms with Gasteiger partial charge in [0, 0.05) is 12.1 Å². The van der Waals surface area contributed by atoms with Crippen molar-refractivity contribution in [2.75, 3.05) is 20.8 Å². The van der Waals surface area contributed by atoms with E-state index < -0.39 is 0 Å². The lowest BCUT2D eigenvalue weighted by Gasteiger charge is -2.16. The van der Waals surface area contributed by atoms with Crippen molar-refractivity contribution in [1.82, 2.24) is 5.32 Å². The highest BCUT2D eigenvalue weighted by atomic mass is 16.5. The molecular formula is C14H21NO2. The van der Waals surface area contributed by atoms with E-state index in [1.165, 1.54) is 24.0 Å². The second-order valence-electron chi connectivity index (χ2n) is 4.63. The van der Waals surface area contributed by atoms with E-state index >= 15 is 0 Å². The second kappa shape index (κ2) is 5.41. The van der Waals surface area contributed by atoms with Crippen LogP contribution in [-0.4, -0.2) is 26.8 Å². The molecule has 0 spiro atoms. The molecule has 94 valence electrons. The summed E-state index contributed by atoms with van der Waals surface area (Å²) < 4.78 is 10.8. The zero-order valence-corrected chi connectivity index (χ0v) is 10.9. The van der Waals surface area contributed by atoms with Crippen LogP contribution in [0.15, 0.2) is 12.1 Å². The molecular weight excluding hydrogens is 214 g/mol. The quantitative estimate of drug-likeness (QED) is 0.868. The van der Waals surface area contributed by atoms with Gasteiger partial charge >= 0.3 is 0 Å². The molecule has 0 saturated carbocycles. The maximum absolute atomic E-state index is 5.45. The maximum atomic E-state index is 5.45. The largest absolute Gasteiger partial charge is 0.496 e. The summed E-state index contributed by atoms with van der Waals surface area (Å²) in [6.45, 7) is 3.21. The number of methoxy groups -OCH3 is 2. The Morgan fingerprint density at radius 3 is 2.59 bits per heavy atom. The molecule has 3 heteroatoms. The van der Waals surface area contributed by atoms with Gasteiger partial charge in [-0.1, -0.05) is 0 Å². The topological polar surface area (TPSA) is 30.5 Å². The minimum absolute atomic E-state index is 0.594. The summed E-state index contributed by atoms with van der Waals surface area (Å²) in [5.41, 5.74) is 2.44. The first-order chi connectivity index (χ1) is 8.24. The van der Waals surface area contributed by atoms with E-state index in [-0.39, 0.29) is 0 Å². The highest BCUT2D eigenvalue weighted by Crippen LogP contribution is 2.30. The monoisotopic (exact) mass is 235 g/mol. The highest BCUT2D eigenvalue weighted by Gasteiger charge is 2.17. The van der Waals surface area contributed by atoms with Crippen LogP contribution in [0.3, 0.4) is 0 Å². The molecule has 1 aliphatic heterocycles. The molecule has 1 N–H and O–H groups in total. The van der Waals surface area contributed by atoms with Crippen molar-refractivity contribution in [3.05, 3.63) is 23.3 Å². The van der Waals surface area contributed by atoms with Crippen LogP contribution in [0.2, 0.25) is 0 Å².